The van der Waals surface area contributed by atoms with Gasteiger partial charge in [-0.1, -0.05) is 36.4 Å². The fourth-order valence-corrected chi connectivity index (χ4v) is 3.44. The monoisotopic (exact) mass is 278 g/mol. The van der Waals surface area contributed by atoms with Gasteiger partial charge < -0.3 is 5.73 Å². The third-order valence-electron chi connectivity index (χ3n) is 3.11. The van der Waals surface area contributed by atoms with Crippen LogP contribution in [0.15, 0.2) is 47.4 Å². The first-order valence-electron chi connectivity index (χ1n) is 6.21. The Morgan fingerprint density at radius 3 is 2.53 bits per heavy atom. The molecule has 0 amide bonds. The summed E-state index contributed by atoms with van der Waals surface area (Å²) in [6, 6.07) is 12.8. The summed E-state index contributed by atoms with van der Waals surface area (Å²) < 4.78 is 26.4. The van der Waals surface area contributed by atoms with E-state index in [-0.39, 0.29) is 0 Å². The number of nitrogens with two attached hydrogens (primary N) is 1. The normalized spacial score (nSPS) is 12.2. The number of hydrogen-bond donors (Lipinski definition) is 1. The van der Waals surface area contributed by atoms with E-state index in [1.165, 1.54) is 4.31 Å². The van der Waals surface area contributed by atoms with Gasteiger partial charge >= 0.3 is 0 Å². The van der Waals surface area contributed by atoms with Gasteiger partial charge in [-0.2, -0.15) is 0 Å². The van der Waals surface area contributed by atoms with Gasteiger partial charge in [0.25, 0.3) is 0 Å². The highest BCUT2D eigenvalue weighted by Crippen LogP contribution is 2.24. The molecule has 0 radical (unpaired) electrons. The van der Waals surface area contributed by atoms with Crippen LogP contribution in [0.25, 0.3) is 10.8 Å². The van der Waals surface area contributed by atoms with Crippen molar-refractivity contribution in [1.29, 1.82) is 0 Å². The van der Waals surface area contributed by atoms with Crippen molar-refractivity contribution < 1.29 is 8.42 Å². The summed E-state index contributed by atoms with van der Waals surface area (Å²) >= 11 is 0. The Bertz CT molecular complexity index is 663. The van der Waals surface area contributed by atoms with Crippen LogP contribution in [0.3, 0.4) is 0 Å². The Hall–Kier alpha value is -1.43. The highest BCUT2D eigenvalue weighted by atomic mass is 32.2. The van der Waals surface area contributed by atoms with E-state index in [1.807, 2.05) is 30.3 Å². The fraction of sp³-hybridized carbons (Fsp3) is 0.286. The predicted octanol–water partition coefficient (Wildman–Crippen LogP) is 1.81. The van der Waals surface area contributed by atoms with Crippen molar-refractivity contribution >= 4 is 20.8 Å². The predicted molar refractivity (Wildman–Crippen MR) is 77.4 cm³/mol. The summed E-state index contributed by atoms with van der Waals surface area (Å²) in [5.74, 6) is 0. The van der Waals surface area contributed by atoms with Crippen LogP contribution in [-0.4, -0.2) is 32.9 Å². The topological polar surface area (TPSA) is 63.4 Å². The third-order valence-corrected chi connectivity index (χ3v) is 5.03. The molecule has 0 fully saturated rings. The lowest BCUT2D eigenvalue weighted by Crippen LogP contribution is -2.29. The molecular formula is C14H18N2O2S. The number of sulfonamides is 1. The Balaban J connectivity index is 2.49. The fourth-order valence-electron chi connectivity index (χ4n) is 2.02. The molecule has 2 rings (SSSR count). The molecule has 0 heterocycles. The molecule has 0 bridgehead atoms. The lowest BCUT2D eigenvalue weighted by molar-refractivity contribution is 0.464. The maximum Gasteiger partial charge on any atom is 0.243 e. The van der Waals surface area contributed by atoms with Crippen LogP contribution in [0.1, 0.15) is 6.42 Å². The number of fused-ring (bicyclic) bond motifs is 1. The van der Waals surface area contributed by atoms with Crippen LogP contribution < -0.4 is 5.73 Å². The molecule has 102 valence electrons. The maximum atomic E-state index is 12.5. The zero-order valence-corrected chi connectivity index (χ0v) is 11.7. The summed E-state index contributed by atoms with van der Waals surface area (Å²) in [4.78, 5) is 0.352. The summed E-state index contributed by atoms with van der Waals surface area (Å²) in [5.41, 5.74) is 5.43. The molecule has 19 heavy (non-hydrogen) atoms. The number of rotatable bonds is 5. The molecule has 0 saturated heterocycles. The van der Waals surface area contributed by atoms with Crippen LogP contribution in [0.4, 0.5) is 0 Å². The van der Waals surface area contributed by atoms with Gasteiger partial charge in [-0.05, 0) is 24.4 Å². The van der Waals surface area contributed by atoms with Crippen molar-refractivity contribution in [2.24, 2.45) is 5.73 Å². The maximum absolute atomic E-state index is 12.5. The molecule has 5 heteroatoms. The van der Waals surface area contributed by atoms with E-state index >= 15 is 0 Å². The van der Waals surface area contributed by atoms with Gasteiger partial charge in [0.2, 0.25) is 10.0 Å². The van der Waals surface area contributed by atoms with Crippen molar-refractivity contribution in [3.8, 4) is 0 Å². The second kappa shape index (κ2) is 5.69. The first kappa shape index (κ1) is 14.0. The first-order valence-corrected chi connectivity index (χ1v) is 7.65. The second-order valence-corrected chi connectivity index (χ2v) is 6.46. The van der Waals surface area contributed by atoms with Gasteiger partial charge in [0.05, 0.1) is 4.90 Å². The van der Waals surface area contributed by atoms with E-state index in [9.17, 15) is 8.42 Å². The molecule has 0 unspecified atom stereocenters. The van der Waals surface area contributed by atoms with Crippen molar-refractivity contribution in [1.82, 2.24) is 4.31 Å². The summed E-state index contributed by atoms with van der Waals surface area (Å²) in [6.45, 7) is 0.914. The molecular weight excluding hydrogens is 260 g/mol. The molecule has 4 nitrogen and oxygen atoms in total. The third kappa shape index (κ3) is 2.78. The van der Waals surface area contributed by atoms with Crippen LogP contribution in [0.5, 0.6) is 0 Å². The smallest absolute Gasteiger partial charge is 0.243 e. The number of hydrogen-bond acceptors (Lipinski definition) is 3. The Morgan fingerprint density at radius 1 is 1.11 bits per heavy atom. The van der Waals surface area contributed by atoms with Crippen molar-refractivity contribution in [2.45, 2.75) is 11.3 Å². The molecule has 0 aliphatic rings. The van der Waals surface area contributed by atoms with E-state index in [1.54, 1.807) is 19.2 Å². The van der Waals surface area contributed by atoms with Gasteiger partial charge in [0.15, 0.2) is 0 Å². The lowest BCUT2D eigenvalue weighted by Gasteiger charge is -2.18. The molecule has 2 aromatic rings. The minimum atomic E-state index is -3.46. The highest BCUT2D eigenvalue weighted by molar-refractivity contribution is 7.89. The van der Waals surface area contributed by atoms with Gasteiger partial charge in [0, 0.05) is 19.0 Å². The van der Waals surface area contributed by atoms with E-state index in [0.717, 1.165) is 10.8 Å². The average molecular weight is 278 g/mol. The molecule has 0 aromatic heterocycles. The Kier molecular flexibility index (Phi) is 4.19. The summed E-state index contributed by atoms with van der Waals surface area (Å²) in [7, 11) is -1.87. The van der Waals surface area contributed by atoms with Crippen molar-refractivity contribution in [3.63, 3.8) is 0 Å². The van der Waals surface area contributed by atoms with E-state index in [4.69, 9.17) is 5.73 Å². The van der Waals surface area contributed by atoms with Gasteiger partial charge in [-0.25, -0.2) is 12.7 Å². The Labute approximate surface area is 113 Å². The van der Waals surface area contributed by atoms with Crippen molar-refractivity contribution in [2.75, 3.05) is 20.1 Å². The first-order chi connectivity index (χ1) is 9.07. The van der Waals surface area contributed by atoms with Gasteiger partial charge in [-0.3, -0.25) is 0 Å². The number of benzene rings is 2. The van der Waals surface area contributed by atoms with Gasteiger partial charge in [0.1, 0.15) is 0 Å². The molecule has 2 N–H and O–H groups in total. The largest absolute Gasteiger partial charge is 0.330 e. The minimum absolute atomic E-state index is 0.352. The van der Waals surface area contributed by atoms with Crippen LogP contribution in [0, 0.1) is 0 Å². The molecule has 0 aliphatic carbocycles. The van der Waals surface area contributed by atoms with Crippen LogP contribution >= 0.6 is 0 Å². The zero-order chi connectivity index (χ0) is 13.9. The molecule has 0 atom stereocenters. The number of nitrogens with zero attached hydrogens (tertiary/aromatic N) is 1. The average Bonchev–Trinajstić information content (AvgIpc) is 2.43. The van der Waals surface area contributed by atoms with Gasteiger partial charge in [-0.15, -0.1) is 0 Å². The van der Waals surface area contributed by atoms with Crippen molar-refractivity contribution in [3.05, 3.63) is 42.5 Å². The standard InChI is InChI=1S/C14H18N2O2S/c1-16(11-5-10-15)19(17,18)14-9-4-7-12-6-2-3-8-13(12)14/h2-4,6-9H,5,10-11,15H2,1H3. The van der Waals surface area contributed by atoms with E-state index in [0.29, 0.717) is 24.4 Å². The minimum Gasteiger partial charge on any atom is -0.330 e. The quantitative estimate of drug-likeness (QED) is 0.907. The summed E-state index contributed by atoms with van der Waals surface area (Å²) in [5, 5.41) is 1.68. The SMILES string of the molecule is CN(CCCN)S(=O)(=O)c1cccc2ccccc12. The summed E-state index contributed by atoms with van der Waals surface area (Å²) in [6.07, 6.45) is 0.653. The molecule has 2 aromatic carbocycles. The Morgan fingerprint density at radius 2 is 1.79 bits per heavy atom. The zero-order valence-electron chi connectivity index (χ0n) is 10.9. The lowest BCUT2D eigenvalue weighted by atomic mass is 10.1. The molecule has 0 spiro atoms. The molecule has 0 saturated carbocycles. The molecule has 0 aliphatic heterocycles. The second-order valence-electron chi connectivity index (χ2n) is 4.45. The van der Waals surface area contributed by atoms with E-state index in [2.05, 4.69) is 0 Å². The van der Waals surface area contributed by atoms with E-state index < -0.39 is 10.0 Å². The van der Waals surface area contributed by atoms with Crippen LogP contribution in [-0.2, 0) is 10.0 Å². The van der Waals surface area contributed by atoms with Crippen LogP contribution in [0.2, 0.25) is 0 Å². The highest BCUT2D eigenvalue weighted by Gasteiger charge is 2.22.